The van der Waals surface area contributed by atoms with E-state index in [1.807, 2.05) is 13.8 Å². The van der Waals surface area contributed by atoms with E-state index in [0.717, 1.165) is 32.1 Å². The lowest BCUT2D eigenvalue weighted by Gasteiger charge is -2.43. The maximum Gasteiger partial charge on any atom is 0.261 e. The summed E-state index contributed by atoms with van der Waals surface area (Å²) in [5, 5.41) is 25.2. The quantitative estimate of drug-likeness (QED) is 0.0683. The lowest BCUT2D eigenvalue weighted by molar-refractivity contribution is -0.148. The van der Waals surface area contributed by atoms with Gasteiger partial charge in [-0.15, -0.1) is 0 Å². The second-order valence-corrected chi connectivity index (χ2v) is 30.6. The molecule has 0 aromatic heterocycles. The molecule has 7 atom stereocenters. The van der Waals surface area contributed by atoms with E-state index in [2.05, 4.69) is 122 Å². The van der Waals surface area contributed by atoms with Gasteiger partial charge >= 0.3 is 0 Å². The first-order valence-corrected chi connectivity index (χ1v) is 29.4. The van der Waals surface area contributed by atoms with Crippen LogP contribution < -0.4 is 10.4 Å². The molecule has 0 bridgehead atoms. The Balaban J connectivity index is 1.31. The summed E-state index contributed by atoms with van der Waals surface area (Å²) in [5.41, 5.74) is 0. The fraction of sp³-hybridized carbons (Fsp3) is 0.769. The average Bonchev–Trinajstić information content (AvgIpc) is 3.80. The number of benzene rings is 2. The standard InChI is InChI=1S/C52H90O7Si2/c1-12-13-14-15-16-17-18-19-20-27-32-47-48(58-52(8,9)57-47)37-34-44(53)45(54)35-38-49(59-60(10,11)50(2,3)4)46-36-33-41(56-46)39-40-55-61(51(5,6)7,42-28-23-21-24-29-42)43-30-25-22-26-31-43/h21-26,28-31,41,44-49,53-54H,12-20,27,32-40H2,1-11H3/t41-,44+,45+,46-,47-,48-,49-/m1/s1. The van der Waals surface area contributed by atoms with Crippen LogP contribution in [-0.4, -0.2) is 82.0 Å². The van der Waals surface area contributed by atoms with E-state index in [4.69, 9.17) is 23.1 Å². The predicted molar refractivity (Wildman–Crippen MR) is 259 cm³/mol. The first kappa shape index (κ1) is 52.2. The average molecular weight is 883 g/mol. The van der Waals surface area contributed by atoms with Gasteiger partial charge in [0, 0.05) is 6.61 Å². The van der Waals surface area contributed by atoms with E-state index in [1.54, 1.807) is 0 Å². The third-order valence-corrected chi connectivity index (χ3v) is 23.6. The SMILES string of the molecule is CCCCCCCCCCCC[C@H]1OC(C)(C)O[C@@H]1CC[C@H](O)[C@@H](O)CC[C@@H](O[Si](C)(C)C(C)(C)C)[C@H]1CC[C@H](CCO[Si](c2ccccc2)(c2ccccc2)C(C)(C)C)O1. The molecule has 0 amide bonds. The summed E-state index contributed by atoms with van der Waals surface area (Å²) in [6.07, 6.45) is 17.1. The van der Waals surface area contributed by atoms with Gasteiger partial charge in [-0.3, -0.25) is 0 Å². The number of rotatable bonds is 27. The fourth-order valence-corrected chi connectivity index (χ4v) is 15.4. The van der Waals surface area contributed by atoms with Crippen LogP contribution in [0.25, 0.3) is 0 Å². The Bertz CT molecular complexity index is 1450. The largest absolute Gasteiger partial charge is 0.411 e. The molecular weight excluding hydrogens is 793 g/mol. The van der Waals surface area contributed by atoms with Crippen molar-refractivity contribution in [2.24, 2.45) is 0 Å². The number of ether oxygens (including phenoxy) is 3. The van der Waals surface area contributed by atoms with Crippen LogP contribution in [0.3, 0.4) is 0 Å². The first-order valence-electron chi connectivity index (χ1n) is 24.6. The topological polar surface area (TPSA) is 86.6 Å². The highest BCUT2D eigenvalue weighted by Crippen LogP contribution is 2.41. The van der Waals surface area contributed by atoms with Crippen molar-refractivity contribution in [3.63, 3.8) is 0 Å². The van der Waals surface area contributed by atoms with Gasteiger partial charge in [-0.1, -0.05) is 173 Å². The molecule has 0 radical (unpaired) electrons. The highest BCUT2D eigenvalue weighted by atomic mass is 28.4. The molecular formula is C52H90O7Si2. The van der Waals surface area contributed by atoms with Crippen LogP contribution in [0.15, 0.2) is 60.7 Å². The van der Waals surface area contributed by atoms with Gasteiger partial charge in [0.15, 0.2) is 14.1 Å². The lowest BCUT2D eigenvalue weighted by atomic mass is 9.96. The van der Waals surface area contributed by atoms with Gasteiger partial charge in [0.05, 0.1) is 42.7 Å². The Kier molecular flexibility index (Phi) is 20.7. The molecule has 2 heterocycles. The van der Waals surface area contributed by atoms with E-state index in [1.165, 1.54) is 68.2 Å². The molecule has 9 heteroatoms. The molecule has 0 aliphatic carbocycles. The Morgan fingerprint density at radius 3 is 1.69 bits per heavy atom. The second-order valence-electron chi connectivity index (χ2n) is 21.6. The highest BCUT2D eigenvalue weighted by Gasteiger charge is 2.50. The summed E-state index contributed by atoms with van der Waals surface area (Å²) >= 11 is 0. The zero-order valence-electron chi connectivity index (χ0n) is 40.7. The molecule has 4 rings (SSSR count). The van der Waals surface area contributed by atoms with E-state index < -0.39 is 34.6 Å². The van der Waals surface area contributed by atoms with Crippen molar-refractivity contribution in [3.05, 3.63) is 60.7 Å². The van der Waals surface area contributed by atoms with Crippen molar-refractivity contribution in [2.75, 3.05) is 6.61 Å². The molecule has 2 aromatic carbocycles. The molecule has 7 nitrogen and oxygen atoms in total. The molecule has 2 saturated heterocycles. The first-order chi connectivity index (χ1) is 28.8. The smallest absolute Gasteiger partial charge is 0.261 e. The zero-order chi connectivity index (χ0) is 44.7. The number of hydrogen-bond acceptors (Lipinski definition) is 7. The van der Waals surface area contributed by atoms with Crippen LogP contribution in [0.1, 0.15) is 178 Å². The molecule has 61 heavy (non-hydrogen) atoms. The maximum absolute atomic E-state index is 11.4. The third-order valence-electron chi connectivity index (χ3n) is 14.0. The summed E-state index contributed by atoms with van der Waals surface area (Å²) in [6, 6.07) is 21.7. The van der Waals surface area contributed by atoms with Crippen LogP contribution in [0.2, 0.25) is 23.2 Å². The van der Waals surface area contributed by atoms with Crippen LogP contribution in [-0.2, 0) is 23.1 Å². The Hall–Kier alpha value is -1.41. The molecule has 2 N–H and O–H groups in total. The number of aliphatic hydroxyl groups excluding tert-OH is 2. The normalized spacial score (nSPS) is 22.7. The van der Waals surface area contributed by atoms with Gasteiger partial charge in [0.25, 0.3) is 8.32 Å². The van der Waals surface area contributed by atoms with Crippen molar-refractivity contribution < 1.29 is 33.3 Å². The Morgan fingerprint density at radius 1 is 0.656 bits per heavy atom. The number of unbranched alkanes of at least 4 members (excludes halogenated alkanes) is 9. The van der Waals surface area contributed by atoms with Crippen LogP contribution in [0.4, 0.5) is 0 Å². The molecule has 0 spiro atoms. The number of aliphatic hydroxyl groups is 2. The minimum atomic E-state index is -2.63. The number of hydrogen-bond donors (Lipinski definition) is 2. The summed E-state index contributed by atoms with van der Waals surface area (Å²) in [6.45, 7) is 25.3. The van der Waals surface area contributed by atoms with Gasteiger partial charge in [-0.25, -0.2) is 0 Å². The summed E-state index contributed by atoms with van der Waals surface area (Å²) in [4.78, 5) is 0. The summed E-state index contributed by atoms with van der Waals surface area (Å²) < 4.78 is 33.9. The van der Waals surface area contributed by atoms with Gasteiger partial charge in [-0.05, 0) is 98.8 Å². The van der Waals surface area contributed by atoms with E-state index in [-0.39, 0.29) is 40.6 Å². The zero-order valence-corrected chi connectivity index (χ0v) is 42.7. The monoisotopic (exact) mass is 883 g/mol. The minimum absolute atomic E-state index is 0.0255. The van der Waals surface area contributed by atoms with Crippen LogP contribution >= 0.6 is 0 Å². The molecule has 0 saturated carbocycles. The van der Waals surface area contributed by atoms with Crippen LogP contribution in [0, 0.1) is 0 Å². The molecule has 2 fully saturated rings. The third kappa shape index (κ3) is 15.6. The van der Waals surface area contributed by atoms with Crippen molar-refractivity contribution in [1.82, 2.24) is 0 Å². The van der Waals surface area contributed by atoms with Crippen molar-refractivity contribution in [3.8, 4) is 0 Å². The highest BCUT2D eigenvalue weighted by molar-refractivity contribution is 6.99. The van der Waals surface area contributed by atoms with Gasteiger partial charge < -0.3 is 33.3 Å². The Morgan fingerprint density at radius 2 is 1.16 bits per heavy atom. The van der Waals surface area contributed by atoms with E-state index in [0.29, 0.717) is 32.3 Å². The maximum atomic E-state index is 11.4. The minimum Gasteiger partial charge on any atom is -0.411 e. The molecule has 0 unspecified atom stereocenters. The van der Waals surface area contributed by atoms with Gasteiger partial charge in [0.1, 0.15) is 0 Å². The van der Waals surface area contributed by atoms with Gasteiger partial charge in [0.2, 0.25) is 0 Å². The Labute approximate surface area is 375 Å². The predicted octanol–water partition coefficient (Wildman–Crippen LogP) is 12.0. The molecule has 2 aliphatic heterocycles. The van der Waals surface area contributed by atoms with E-state index >= 15 is 0 Å². The van der Waals surface area contributed by atoms with Crippen molar-refractivity contribution in [2.45, 2.75) is 250 Å². The van der Waals surface area contributed by atoms with E-state index in [9.17, 15) is 10.2 Å². The lowest BCUT2D eigenvalue weighted by Crippen LogP contribution is -2.66. The molecule has 2 aliphatic rings. The van der Waals surface area contributed by atoms with Gasteiger partial charge in [-0.2, -0.15) is 0 Å². The second kappa shape index (κ2) is 24.2. The summed E-state index contributed by atoms with van der Waals surface area (Å²) in [7, 11) is -4.79. The van der Waals surface area contributed by atoms with Crippen LogP contribution in [0.5, 0.6) is 0 Å². The summed E-state index contributed by atoms with van der Waals surface area (Å²) in [5.74, 6) is -0.627. The molecule has 348 valence electrons. The van der Waals surface area contributed by atoms with Crippen molar-refractivity contribution in [1.29, 1.82) is 0 Å². The fourth-order valence-electron chi connectivity index (χ4n) is 9.49. The van der Waals surface area contributed by atoms with Crippen molar-refractivity contribution >= 4 is 27.0 Å². The molecule has 2 aromatic rings.